The summed E-state index contributed by atoms with van der Waals surface area (Å²) in [7, 11) is 0. The Kier molecular flexibility index (Phi) is 7.52. The van der Waals surface area contributed by atoms with Gasteiger partial charge in [-0.3, -0.25) is 9.59 Å². The van der Waals surface area contributed by atoms with Crippen molar-refractivity contribution in [2.75, 3.05) is 5.75 Å². The number of carbonyl (C=O) groups excluding carboxylic acids is 1. The molecule has 0 radical (unpaired) electrons. The standard InChI is InChI=1S/C24H29N3O3S2/c1-15(2)30-17-9-7-16(8-10-17)13-25-21(28)11-12-31-14-20-26-23(29)22-18-5-3-4-6-19(18)32-24(22)27-20/h7-10,15H,3-6,11-14H2,1-2H3,(H,25,28)(H,26,27,29). The molecule has 2 aromatic heterocycles. The SMILES string of the molecule is CC(C)Oc1ccc(CNC(=O)CCSCc2nc3sc4c(c3c(=O)[nH]2)CCCC4)cc1. The molecule has 2 heterocycles. The van der Waals surface area contributed by atoms with Crippen LogP contribution in [0.1, 0.15) is 54.9 Å². The van der Waals surface area contributed by atoms with Gasteiger partial charge in [-0.15, -0.1) is 11.3 Å². The predicted molar refractivity (Wildman–Crippen MR) is 132 cm³/mol. The summed E-state index contributed by atoms with van der Waals surface area (Å²) in [6.07, 6.45) is 4.96. The average molecular weight is 472 g/mol. The van der Waals surface area contributed by atoms with E-state index >= 15 is 0 Å². The van der Waals surface area contributed by atoms with E-state index in [1.54, 1.807) is 23.1 Å². The normalized spacial score (nSPS) is 13.3. The van der Waals surface area contributed by atoms with Gasteiger partial charge in [0.05, 0.1) is 17.2 Å². The fraction of sp³-hybridized carbons (Fsp3) is 0.458. The Hall–Kier alpha value is -2.32. The lowest BCUT2D eigenvalue weighted by Gasteiger charge is -2.10. The van der Waals surface area contributed by atoms with Crippen molar-refractivity contribution in [2.45, 2.75) is 64.4 Å². The number of hydrogen-bond acceptors (Lipinski definition) is 6. The highest BCUT2D eigenvalue weighted by molar-refractivity contribution is 7.98. The quantitative estimate of drug-likeness (QED) is 0.446. The van der Waals surface area contributed by atoms with Crippen LogP contribution in [0.4, 0.5) is 0 Å². The Morgan fingerprint density at radius 1 is 1.25 bits per heavy atom. The maximum atomic E-state index is 12.6. The van der Waals surface area contributed by atoms with Crippen LogP contribution >= 0.6 is 23.1 Å². The fourth-order valence-corrected chi connectivity index (χ4v) is 5.94. The lowest BCUT2D eigenvalue weighted by Crippen LogP contribution is -2.23. The van der Waals surface area contributed by atoms with E-state index in [9.17, 15) is 9.59 Å². The number of ether oxygens (including phenoxy) is 1. The third-order valence-corrected chi connectivity index (χ3v) is 7.53. The van der Waals surface area contributed by atoms with Gasteiger partial charge in [0.1, 0.15) is 16.4 Å². The molecule has 3 aromatic rings. The summed E-state index contributed by atoms with van der Waals surface area (Å²) in [4.78, 5) is 34.6. The molecule has 6 nitrogen and oxygen atoms in total. The lowest BCUT2D eigenvalue weighted by molar-refractivity contribution is -0.120. The minimum atomic E-state index is -0.0208. The third-order valence-electron chi connectivity index (χ3n) is 5.37. The maximum Gasteiger partial charge on any atom is 0.259 e. The number of aryl methyl sites for hydroxylation is 2. The number of thioether (sulfide) groups is 1. The van der Waals surface area contributed by atoms with Crippen molar-refractivity contribution in [2.24, 2.45) is 0 Å². The lowest BCUT2D eigenvalue weighted by atomic mass is 9.97. The molecule has 0 unspecified atom stereocenters. The van der Waals surface area contributed by atoms with Crippen molar-refractivity contribution >= 4 is 39.2 Å². The van der Waals surface area contributed by atoms with Crippen molar-refractivity contribution in [3.05, 3.63) is 56.4 Å². The molecule has 1 amide bonds. The van der Waals surface area contributed by atoms with Crippen molar-refractivity contribution in [3.63, 3.8) is 0 Å². The highest BCUT2D eigenvalue weighted by Crippen LogP contribution is 2.33. The van der Waals surface area contributed by atoms with E-state index in [0.717, 1.165) is 40.8 Å². The van der Waals surface area contributed by atoms with Gasteiger partial charge < -0.3 is 15.0 Å². The number of nitrogens with one attached hydrogen (secondary N) is 2. The van der Waals surface area contributed by atoms with Gasteiger partial charge in [0.15, 0.2) is 0 Å². The number of aromatic amines is 1. The first-order valence-electron chi connectivity index (χ1n) is 11.1. The molecule has 32 heavy (non-hydrogen) atoms. The molecule has 1 aliphatic carbocycles. The summed E-state index contributed by atoms with van der Waals surface area (Å²) in [6.45, 7) is 4.49. The second-order valence-corrected chi connectivity index (χ2v) is 10.5. The average Bonchev–Trinajstić information content (AvgIpc) is 3.15. The number of rotatable bonds is 9. The van der Waals surface area contributed by atoms with Gasteiger partial charge >= 0.3 is 0 Å². The van der Waals surface area contributed by atoms with Crippen molar-refractivity contribution < 1.29 is 9.53 Å². The van der Waals surface area contributed by atoms with E-state index in [1.807, 2.05) is 38.1 Å². The van der Waals surface area contributed by atoms with Crippen LogP contribution in [0.25, 0.3) is 10.2 Å². The molecule has 1 aromatic carbocycles. The zero-order valence-electron chi connectivity index (χ0n) is 18.5. The molecule has 170 valence electrons. The van der Waals surface area contributed by atoms with Gasteiger partial charge in [0, 0.05) is 23.6 Å². The first-order chi connectivity index (χ1) is 15.5. The second kappa shape index (κ2) is 10.5. The van der Waals surface area contributed by atoms with E-state index in [-0.39, 0.29) is 17.6 Å². The third kappa shape index (κ3) is 5.72. The minimum absolute atomic E-state index is 0.0165. The number of carbonyl (C=O) groups is 1. The molecular weight excluding hydrogens is 442 g/mol. The Labute approximate surface area is 196 Å². The Bertz CT molecular complexity index is 1140. The van der Waals surface area contributed by atoms with E-state index in [0.29, 0.717) is 30.3 Å². The fourth-order valence-electron chi connectivity index (χ4n) is 3.86. The Balaban J connectivity index is 1.22. The van der Waals surface area contributed by atoms with Gasteiger partial charge in [-0.2, -0.15) is 11.8 Å². The molecule has 0 bridgehead atoms. The smallest absolute Gasteiger partial charge is 0.259 e. The monoisotopic (exact) mass is 471 g/mol. The van der Waals surface area contributed by atoms with E-state index in [1.165, 1.54) is 16.9 Å². The summed E-state index contributed by atoms with van der Waals surface area (Å²) in [5.74, 6) is 2.81. The van der Waals surface area contributed by atoms with Crippen LogP contribution in [0, 0.1) is 0 Å². The number of nitrogens with zero attached hydrogens (tertiary/aromatic N) is 1. The number of fused-ring (bicyclic) bond motifs is 3. The molecule has 0 saturated carbocycles. The van der Waals surface area contributed by atoms with E-state index in [4.69, 9.17) is 4.74 Å². The van der Waals surface area contributed by atoms with Crippen LogP contribution in [-0.4, -0.2) is 27.7 Å². The summed E-state index contributed by atoms with van der Waals surface area (Å²) < 4.78 is 5.63. The first-order valence-corrected chi connectivity index (χ1v) is 13.1. The zero-order chi connectivity index (χ0) is 22.5. The number of thiophene rings is 1. The Morgan fingerprint density at radius 3 is 2.81 bits per heavy atom. The minimum Gasteiger partial charge on any atom is -0.491 e. The number of H-pyrrole nitrogens is 1. The molecule has 0 spiro atoms. The molecule has 1 aliphatic rings. The summed E-state index contributed by atoms with van der Waals surface area (Å²) in [5.41, 5.74) is 2.23. The number of aromatic nitrogens is 2. The summed E-state index contributed by atoms with van der Waals surface area (Å²) in [5, 5.41) is 3.75. The van der Waals surface area contributed by atoms with Crippen LogP contribution in [-0.2, 0) is 29.9 Å². The maximum absolute atomic E-state index is 12.6. The van der Waals surface area contributed by atoms with Crippen LogP contribution in [0.15, 0.2) is 29.1 Å². The van der Waals surface area contributed by atoms with Gasteiger partial charge in [-0.05, 0) is 62.8 Å². The zero-order valence-corrected chi connectivity index (χ0v) is 20.2. The predicted octanol–water partition coefficient (Wildman–Crippen LogP) is 4.59. The summed E-state index contributed by atoms with van der Waals surface area (Å²) >= 11 is 3.28. The molecule has 0 fully saturated rings. The van der Waals surface area contributed by atoms with Gasteiger partial charge in [0.25, 0.3) is 5.56 Å². The number of benzene rings is 1. The van der Waals surface area contributed by atoms with Gasteiger partial charge in [-0.1, -0.05) is 12.1 Å². The van der Waals surface area contributed by atoms with Gasteiger partial charge in [-0.25, -0.2) is 4.98 Å². The van der Waals surface area contributed by atoms with E-state index in [2.05, 4.69) is 15.3 Å². The van der Waals surface area contributed by atoms with E-state index < -0.39 is 0 Å². The number of hydrogen-bond donors (Lipinski definition) is 2. The topological polar surface area (TPSA) is 84.1 Å². The van der Waals surface area contributed by atoms with Crippen molar-refractivity contribution in [3.8, 4) is 5.75 Å². The van der Waals surface area contributed by atoms with Crippen molar-refractivity contribution in [1.29, 1.82) is 0 Å². The molecule has 4 rings (SSSR count). The molecule has 2 N–H and O–H groups in total. The van der Waals surface area contributed by atoms with Crippen molar-refractivity contribution in [1.82, 2.24) is 15.3 Å². The first kappa shape index (κ1) is 22.9. The second-order valence-electron chi connectivity index (χ2n) is 8.29. The molecule has 8 heteroatoms. The van der Waals surface area contributed by atoms with Crippen LogP contribution in [0.3, 0.4) is 0 Å². The Morgan fingerprint density at radius 2 is 2.03 bits per heavy atom. The highest BCUT2D eigenvalue weighted by atomic mass is 32.2. The molecule has 0 aliphatic heterocycles. The summed E-state index contributed by atoms with van der Waals surface area (Å²) in [6, 6.07) is 7.78. The largest absolute Gasteiger partial charge is 0.491 e. The highest BCUT2D eigenvalue weighted by Gasteiger charge is 2.19. The molecular formula is C24H29N3O3S2. The number of amides is 1. The molecule has 0 atom stereocenters. The van der Waals surface area contributed by atoms with Crippen LogP contribution < -0.4 is 15.6 Å². The van der Waals surface area contributed by atoms with Crippen LogP contribution in [0.2, 0.25) is 0 Å². The molecule has 0 saturated heterocycles. The van der Waals surface area contributed by atoms with Crippen LogP contribution in [0.5, 0.6) is 5.75 Å². The van der Waals surface area contributed by atoms with Gasteiger partial charge in [0.2, 0.25) is 5.91 Å².